The largest absolute Gasteiger partial charge is 0.374 e. The molecule has 1 saturated heterocycles. The number of hydrogen-bond acceptors (Lipinski definition) is 3. The first kappa shape index (κ1) is 13.6. The van der Waals surface area contributed by atoms with Crippen molar-refractivity contribution in [3.05, 3.63) is 30.1 Å². The molecule has 1 saturated carbocycles. The van der Waals surface area contributed by atoms with Gasteiger partial charge in [0.15, 0.2) is 0 Å². The number of hydrogen-bond donors (Lipinski definition) is 0. The van der Waals surface area contributed by atoms with Crippen LogP contribution in [0.4, 0.5) is 0 Å². The zero-order valence-corrected chi connectivity index (χ0v) is 11.8. The fraction of sp³-hybridized carbons (Fsp3) is 0.625. The summed E-state index contributed by atoms with van der Waals surface area (Å²) in [6.45, 7) is 1.47. The smallest absolute Gasteiger partial charge is 0.222 e. The molecule has 0 unspecified atom stereocenters. The molecule has 0 spiro atoms. The number of fused-ring (bicyclic) bond motifs is 1. The first-order valence-corrected chi connectivity index (χ1v) is 7.65. The summed E-state index contributed by atoms with van der Waals surface area (Å²) in [7, 11) is 0. The molecule has 1 aromatic heterocycles. The zero-order chi connectivity index (χ0) is 13.8. The Kier molecular flexibility index (Phi) is 4.31. The number of carbonyl (C=O) groups excluding carboxylic acids is 1. The van der Waals surface area contributed by atoms with E-state index in [0.717, 1.165) is 37.9 Å². The van der Waals surface area contributed by atoms with Crippen molar-refractivity contribution >= 4 is 5.91 Å². The number of aryl methyl sites for hydroxylation is 1. The lowest BCUT2D eigenvalue weighted by atomic mass is 10.1. The molecular formula is C16H22N2O2. The molecule has 1 aliphatic carbocycles. The molecule has 4 nitrogen and oxygen atoms in total. The Balaban J connectivity index is 1.49. The van der Waals surface area contributed by atoms with Crippen molar-refractivity contribution in [1.29, 1.82) is 0 Å². The number of rotatable bonds is 4. The molecule has 0 N–H and O–H groups in total. The van der Waals surface area contributed by atoms with E-state index in [-0.39, 0.29) is 0 Å². The van der Waals surface area contributed by atoms with Crippen molar-refractivity contribution in [3.63, 3.8) is 0 Å². The van der Waals surface area contributed by atoms with Crippen molar-refractivity contribution in [2.75, 3.05) is 13.2 Å². The molecule has 0 bridgehead atoms. The van der Waals surface area contributed by atoms with Crippen molar-refractivity contribution in [1.82, 2.24) is 9.88 Å². The SMILES string of the molecule is O=C(CCCc1ccccn1)N1CCO[C@H]2CCC[C@H]21. The monoisotopic (exact) mass is 274 g/mol. The highest BCUT2D eigenvalue weighted by molar-refractivity contribution is 5.76. The summed E-state index contributed by atoms with van der Waals surface area (Å²) in [5.74, 6) is 0.293. The zero-order valence-electron chi connectivity index (χ0n) is 11.8. The van der Waals surface area contributed by atoms with Crippen LogP contribution in [-0.2, 0) is 16.0 Å². The summed E-state index contributed by atoms with van der Waals surface area (Å²) in [6, 6.07) is 6.27. The summed E-state index contributed by atoms with van der Waals surface area (Å²) in [6.07, 6.45) is 7.90. The topological polar surface area (TPSA) is 42.4 Å². The molecule has 2 heterocycles. The summed E-state index contributed by atoms with van der Waals surface area (Å²) < 4.78 is 5.75. The quantitative estimate of drug-likeness (QED) is 0.845. The van der Waals surface area contributed by atoms with Crippen molar-refractivity contribution in [2.24, 2.45) is 0 Å². The number of aromatic nitrogens is 1. The van der Waals surface area contributed by atoms with Crippen molar-refractivity contribution in [3.8, 4) is 0 Å². The van der Waals surface area contributed by atoms with Gasteiger partial charge in [-0.05, 0) is 44.2 Å². The van der Waals surface area contributed by atoms with Gasteiger partial charge in [0.05, 0.1) is 18.8 Å². The molecule has 108 valence electrons. The van der Waals surface area contributed by atoms with Gasteiger partial charge in [0.25, 0.3) is 0 Å². The molecule has 1 aromatic rings. The van der Waals surface area contributed by atoms with Crippen LogP contribution in [0.1, 0.15) is 37.8 Å². The van der Waals surface area contributed by atoms with E-state index < -0.39 is 0 Å². The second-order valence-electron chi connectivity index (χ2n) is 5.67. The highest BCUT2D eigenvalue weighted by Gasteiger charge is 2.37. The molecule has 0 radical (unpaired) electrons. The van der Waals surface area contributed by atoms with E-state index in [0.29, 0.717) is 31.1 Å². The van der Waals surface area contributed by atoms with Crippen LogP contribution in [0.2, 0.25) is 0 Å². The van der Waals surface area contributed by atoms with Crippen LogP contribution in [0.15, 0.2) is 24.4 Å². The second kappa shape index (κ2) is 6.35. The van der Waals surface area contributed by atoms with E-state index in [9.17, 15) is 4.79 Å². The summed E-state index contributed by atoms with van der Waals surface area (Å²) in [4.78, 5) is 18.7. The number of morpholine rings is 1. The molecule has 2 fully saturated rings. The van der Waals surface area contributed by atoms with E-state index in [4.69, 9.17) is 4.74 Å². The summed E-state index contributed by atoms with van der Waals surface area (Å²) in [5.41, 5.74) is 1.07. The Hall–Kier alpha value is -1.42. The lowest BCUT2D eigenvalue weighted by Crippen LogP contribution is -2.51. The van der Waals surface area contributed by atoms with Gasteiger partial charge in [0, 0.05) is 24.9 Å². The predicted molar refractivity (Wildman–Crippen MR) is 76.3 cm³/mol. The van der Waals surface area contributed by atoms with E-state index in [1.54, 1.807) is 0 Å². The third kappa shape index (κ3) is 3.01. The highest BCUT2D eigenvalue weighted by Crippen LogP contribution is 2.30. The maximum atomic E-state index is 12.4. The van der Waals surface area contributed by atoms with Crippen LogP contribution < -0.4 is 0 Å². The van der Waals surface area contributed by atoms with Gasteiger partial charge in [-0.1, -0.05) is 6.07 Å². The molecule has 1 amide bonds. The minimum atomic E-state index is 0.293. The van der Waals surface area contributed by atoms with Gasteiger partial charge in [-0.2, -0.15) is 0 Å². The molecular weight excluding hydrogens is 252 g/mol. The Labute approximate surface area is 120 Å². The minimum Gasteiger partial charge on any atom is -0.374 e. The number of pyridine rings is 1. The fourth-order valence-electron chi connectivity index (χ4n) is 3.35. The fourth-order valence-corrected chi connectivity index (χ4v) is 3.35. The average molecular weight is 274 g/mol. The van der Waals surface area contributed by atoms with Crippen molar-refractivity contribution in [2.45, 2.75) is 50.7 Å². The Morgan fingerprint density at radius 2 is 2.35 bits per heavy atom. The Morgan fingerprint density at radius 1 is 1.40 bits per heavy atom. The van der Waals surface area contributed by atoms with Crippen LogP contribution in [-0.4, -0.2) is 41.1 Å². The van der Waals surface area contributed by atoms with Gasteiger partial charge in [-0.15, -0.1) is 0 Å². The van der Waals surface area contributed by atoms with Gasteiger partial charge in [0.2, 0.25) is 5.91 Å². The molecule has 4 heteroatoms. The van der Waals surface area contributed by atoms with Gasteiger partial charge >= 0.3 is 0 Å². The third-order valence-electron chi connectivity index (χ3n) is 4.35. The number of amides is 1. The lowest BCUT2D eigenvalue weighted by Gasteiger charge is -2.37. The second-order valence-corrected chi connectivity index (χ2v) is 5.67. The van der Waals surface area contributed by atoms with E-state index in [1.807, 2.05) is 24.4 Å². The summed E-state index contributed by atoms with van der Waals surface area (Å²) >= 11 is 0. The molecule has 2 aliphatic rings. The Bertz CT molecular complexity index is 449. The van der Waals surface area contributed by atoms with E-state index in [2.05, 4.69) is 9.88 Å². The first-order valence-electron chi connectivity index (χ1n) is 7.65. The Morgan fingerprint density at radius 3 is 3.20 bits per heavy atom. The molecule has 3 rings (SSSR count). The average Bonchev–Trinajstić information content (AvgIpc) is 2.96. The molecule has 1 aliphatic heterocycles. The standard InChI is InChI=1S/C16H22N2O2/c19-16(9-3-6-13-5-1-2-10-17-13)18-11-12-20-15-8-4-7-14(15)18/h1-2,5,10,14-15H,3-4,6-9,11-12H2/t14-,15+/m1/s1. The minimum absolute atomic E-state index is 0.293. The molecule has 2 atom stereocenters. The first-order chi connectivity index (χ1) is 9.84. The maximum Gasteiger partial charge on any atom is 0.222 e. The third-order valence-corrected chi connectivity index (χ3v) is 4.35. The number of ether oxygens (including phenoxy) is 1. The lowest BCUT2D eigenvalue weighted by molar-refractivity contribution is -0.144. The van der Waals surface area contributed by atoms with Crippen LogP contribution in [0, 0.1) is 0 Å². The highest BCUT2D eigenvalue weighted by atomic mass is 16.5. The van der Waals surface area contributed by atoms with E-state index in [1.165, 1.54) is 6.42 Å². The number of carbonyl (C=O) groups is 1. The van der Waals surface area contributed by atoms with Crippen molar-refractivity contribution < 1.29 is 9.53 Å². The van der Waals surface area contributed by atoms with Gasteiger partial charge in [-0.3, -0.25) is 9.78 Å². The van der Waals surface area contributed by atoms with Gasteiger partial charge in [0.1, 0.15) is 0 Å². The van der Waals surface area contributed by atoms with Crippen LogP contribution in [0.5, 0.6) is 0 Å². The number of nitrogens with zero attached hydrogens (tertiary/aromatic N) is 2. The molecule has 20 heavy (non-hydrogen) atoms. The van der Waals surface area contributed by atoms with Crippen LogP contribution in [0.25, 0.3) is 0 Å². The predicted octanol–water partition coefficient (Wildman–Crippen LogP) is 2.18. The van der Waals surface area contributed by atoms with Gasteiger partial charge < -0.3 is 9.64 Å². The van der Waals surface area contributed by atoms with Crippen LogP contribution >= 0.6 is 0 Å². The normalized spacial score (nSPS) is 25.5. The maximum absolute atomic E-state index is 12.4. The summed E-state index contributed by atoms with van der Waals surface area (Å²) in [5, 5.41) is 0. The van der Waals surface area contributed by atoms with E-state index >= 15 is 0 Å². The van der Waals surface area contributed by atoms with Crippen LogP contribution in [0.3, 0.4) is 0 Å². The van der Waals surface area contributed by atoms with Gasteiger partial charge in [-0.25, -0.2) is 0 Å². The molecule has 0 aromatic carbocycles.